The molecule has 1 rings (SSSR count). The molecule has 94 valence electrons. The Morgan fingerprint density at radius 2 is 2.06 bits per heavy atom. The Balaban J connectivity index is 2.24. The zero-order valence-corrected chi connectivity index (χ0v) is 10.4. The second-order valence-electron chi connectivity index (χ2n) is 4.74. The van der Waals surface area contributed by atoms with Crippen LogP contribution in [0.5, 0.6) is 0 Å². The van der Waals surface area contributed by atoms with Gasteiger partial charge in [0.15, 0.2) is 0 Å². The highest BCUT2D eigenvalue weighted by Gasteiger charge is 2.16. The monoisotopic (exact) mass is 227 g/mol. The van der Waals surface area contributed by atoms with E-state index in [0.717, 1.165) is 19.0 Å². The number of hydrogen-bond donors (Lipinski definition) is 2. The van der Waals surface area contributed by atoms with E-state index >= 15 is 0 Å². The summed E-state index contributed by atoms with van der Waals surface area (Å²) >= 11 is 0. The molecule has 0 aromatic carbocycles. The van der Waals surface area contributed by atoms with Crippen molar-refractivity contribution in [3.8, 4) is 0 Å². The van der Waals surface area contributed by atoms with Crippen LogP contribution in [0.4, 0.5) is 0 Å². The molecule has 1 aliphatic carbocycles. The smallest absolute Gasteiger partial charge is 0.140 e. The molecule has 0 radical (unpaired) electrons. The van der Waals surface area contributed by atoms with Crippen molar-refractivity contribution in [2.75, 3.05) is 19.6 Å². The fourth-order valence-electron chi connectivity index (χ4n) is 2.44. The molecule has 0 amide bonds. The van der Waals surface area contributed by atoms with E-state index < -0.39 is 0 Å². The van der Waals surface area contributed by atoms with Crippen molar-refractivity contribution in [2.45, 2.75) is 45.4 Å². The van der Waals surface area contributed by atoms with E-state index in [4.69, 9.17) is 10.9 Å². The molecule has 0 spiro atoms. The maximum Gasteiger partial charge on any atom is 0.140 e. The SMILES string of the molecule is CCN(CCC(N)=NO)CC1CCCCC1. The first-order valence-corrected chi connectivity index (χ1v) is 6.45. The molecular formula is C12H25N3O. The molecule has 0 heterocycles. The van der Waals surface area contributed by atoms with Crippen LogP contribution in [0.1, 0.15) is 45.4 Å². The molecule has 1 aliphatic rings. The molecule has 0 aliphatic heterocycles. The van der Waals surface area contributed by atoms with E-state index in [-0.39, 0.29) is 0 Å². The predicted molar refractivity (Wildman–Crippen MR) is 66.7 cm³/mol. The van der Waals surface area contributed by atoms with Gasteiger partial charge in [0.2, 0.25) is 0 Å². The molecule has 0 bridgehead atoms. The van der Waals surface area contributed by atoms with Crippen LogP contribution in [0.25, 0.3) is 0 Å². The first kappa shape index (κ1) is 13.3. The molecule has 0 aromatic heterocycles. The Hall–Kier alpha value is -0.770. The minimum absolute atomic E-state index is 0.335. The minimum atomic E-state index is 0.335. The van der Waals surface area contributed by atoms with Crippen LogP contribution in [0.3, 0.4) is 0 Å². The van der Waals surface area contributed by atoms with Gasteiger partial charge in [0.25, 0.3) is 0 Å². The molecule has 1 saturated carbocycles. The molecule has 0 atom stereocenters. The summed E-state index contributed by atoms with van der Waals surface area (Å²) in [4.78, 5) is 2.41. The van der Waals surface area contributed by atoms with Crippen LogP contribution in [0.2, 0.25) is 0 Å². The molecule has 4 heteroatoms. The lowest BCUT2D eigenvalue weighted by Crippen LogP contribution is -2.33. The minimum Gasteiger partial charge on any atom is -0.409 e. The van der Waals surface area contributed by atoms with Gasteiger partial charge in [-0.2, -0.15) is 0 Å². The summed E-state index contributed by atoms with van der Waals surface area (Å²) in [6, 6.07) is 0. The second-order valence-corrected chi connectivity index (χ2v) is 4.74. The zero-order chi connectivity index (χ0) is 11.8. The van der Waals surface area contributed by atoms with Crippen molar-refractivity contribution in [3.63, 3.8) is 0 Å². The summed E-state index contributed by atoms with van der Waals surface area (Å²) < 4.78 is 0. The molecule has 0 aromatic rings. The second kappa shape index (κ2) is 7.49. The lowest BCUT2D eigenvalue weighted by Gasteiger charge is -2.28. The number of oxime groups is 1. The van der Waals surface area contributed by atoms with Gasteiger partial charge in [0.05, 0.1) is 0 Å². The highest BCUT2D eigenvalue weighted by atomic mass is 16.4. The van der Waals surface area contributed by atoms with Crippen molar-refractivity contribution in [1.29, 1.82) is 0 Å². The number of nitrogens with zero attached hydrogens (tertiary/aromatic N) is 2. The van der Waals surface area contributed by atoms with Crippen molar-refractivity contribution < 1.29 is 5.21 Å². The van der Waals surface area contributed by atoms with Gasteiger partial charge in [0.1, 0.15) is 5.84 Å². The molecule has 4 nitrogen and oxygen atoms in total. The van der Waals surface area contributed by atoms with Crippen LogP contribution in [0.15, 0.2) is 5.16 Å². The van der Waals surface area contributed by atoms with E-state index in [9.17, 15) is 0 Å². The lowest BCUT2D eigenvalue weighted by molar-refractivity contribution is 0.212. The Labute approximate surface area is 98.5 Å². The summed E-state index contributed by atoms with van der Waals surface area (Å²) in [5.41, 5.74) is 5.48. The fraction of sp³-hybridized carbons (Fsp3) is 0.917. The van der Waals surface area contributed by atoms with Crippen molar-refractivity contribution in [3.05, 3.63) is 0 Å². The maximum absolute atomic E-state index is 8.49. The van der Waals surface area contributed by atoms with Crippen LogP contribution >= 0.6 is 0 Å². The van der Waals surface area contributed by atoms with E-state index in [1.165, 1.54) is 38.6 Å². The highest BCUT2D eigenvalue weighted by Crippen LogP contribution is 2.24. The topological polar surface area (TPSA) is 61.8 Å². The molecule has 3 N–H and O–H groups in total. The number of rotatable bonds is 6. The van der Waals surface area contributed by atoms with E-state index in [1.807, 2.05) is 0 Å². The highest BCUT2D eigenvalue weighted by molar-refractivity contribution is 5.79. The predicted octanol–water partition coefficient (Wildman–Crippen LogP) is 2.03. The summed E-state index contributed by atoms with van der Waals surface area (Å²) in [6.45, 7) is 5.31. The summed E-state index contributed by atoms with van der Waals surface area (Å²) in [5.74, 6) is 1.20. The third kappa shape index (κ3) is 4.84. The fourth-order valence-corrected chi connectivity index (χ4v) is 2.44. The molecule has 0 saturated heterocycles. The van der Waals surface area contributed by atoms with Gasteiger partial charge < -0.3 is 15.8 Å². The first-order valence-electron chi connectivity index (χ1n) is 6.45. The van der Waals surface area contributed by atoms with E-state index in [2.05, 4.69) is 17.0 Å². The molecular weight excluding hydrogens is 202 g/mol. The summed E-state index contributed by atoms with van der Waals surface area (Å²) in [6.07, 6.45) is 7.61. The number of nitrogens with two attached hydrogens (primary N) is 1. The lowest BCUT2D eigenvalue weighted by atomic mass is 9.89. The van der Waals surface area contributed by atoms with Crippen molar-refractivity contribution in [1.82, 2.24) is 4.90 Å². The number of hydrogen-bond acceptors (Lipinski definition) is 3. The average molecular weight is 227 g/mol. The Morgan fingerprint density at radius 3 is 2.62 bits per heavy atom. The average Bonchev–Trinajstić information content (AvgIpc) is 2.35. The maximum atomic E-state index is 8.49. The Bertz CT molecular complexity index is 212. The first-order chi connectivity index (χ1) is 7.76. The molecule has 0 unspecified atom stereocenters. The third-order valence-corrected chi connectivity index (χ3v) is 3.50. The largest absolute Gasteiger partial charge is 0.409 e. The molecule has 16 heavy (non-hydrogen) atoms. The van der Waals surface area contributed by atoms with Crippen LogP contribution < -0.4 is 5.73 Å². The number of amidine groups is 1. The third-order valence-electron chi connectivity index (χ3n) is 3.50. The van der Waals surface area contributed by atoms with Crippen LogP contribution in [-0.4, -0.2) is 35.6 Å². The van der Waals surface area contributed by atoms with Gasteiger partial charge >= 0.3 is 0 Å². The van der Waals surface area contributed by atoms with E-state index in [0.29, 0.717) is 12.3 Å². The van der Waals surface area contributed by atoms with Crippen LogP contribution in [-0.2, 0) is 0 Å². The molecule has 1 fully saturated rings. The van der Waals surface area contributed by atoms with E-state index in [1.54, 1.807) is 0 Å². The van der Waals surface area contributed by atoms with Gasteiger partial charge in [0, 0.05) is 19.5 Å². The normalized spacial score (nSPS) is 19.2. The van der Waals surface area contributed by atoms with Crippen LogP contribution in [0, 0.1) is 5.92 Å². The van der Waals surface area contributed by atoms with Gasteiger partial charge in [-0.25, -0.2) is 0 Å². The summed E-state index contributed by atoms with van der Waals surface area (Å²) in [5, 5.41) is 11.5. The van der Waals surface area contributed by atoms with Gasteiger partial charge in [-0.3, -0.25) is 0 Å². The quantitative estimate of drug-likeness (QED) is 0.316. The van der Waals surface area contributed by atoms with Gasteiger partial charge in [-0.1, -0.05) is 31.3 Å². The van der Waals surface area contributed by atoms with Crippen molar-refractivity contribution in [2.24, 2.45) is 16.8 Å². The van der Waals surface area contributed by atoms with Gasteiger partial charge in [-0.05, 0) is 25.3 Å². The van der Waals surface area contributed by atoms with Gasteiger partial charge in [-0.15, -0.1) is 0 Å². The van der Waals surface area contributed by atoms with Crippen molar-refractivity contribution >= 4 is 5.84 Å². The summed E-state index contributed by atoms with van der Waals surface area (Å²) in [7, 11) is 0. The zero-order valence-electron chi connectivity index (χ0n) is 10.4. The Morgan fingerprint density at radius 1 is 1.38 bits per heavy atom. The Kier molecular flexibility index (Phi) is 6.23. The standard InChI is InChI=1S/C12H25N3O/c1-2-15(9-8-12(13)14-16)10-11-6-4-3-5-7-11/h11,16H,2-10H2,1H3,(H2,13,14).